The molecule has 3 aromatic rings. The summed E-state index contributed by atoms with van der Waals surface area (Å²) < 4.78 is 39.4. The van der Waals surface area contributed by atoms with Crippen LogP contribution in [0.4, 0.5) is 13.2 Å². The highest BCUT2D eigenvalue weighted by Gasteiger charge is 2.31. The summed E-state index contributed by atoms with van der Waals surface area (Å²) in [6.07, 6.45) is -4.43. The Labute approximate surface area is 158 Å². The molecule has 1 heterocycles. The maximum absolute atomic E-state index is 12.9. The molecule has 0 aliphatic rings. The number of hydrogen-bond donors (Lipinski definition) is 1. The van der Waals surface area contributed by atoms with Gasteiger partial charge in [0.05, 0.1) is 16.5 Å². The van der Waals surface area contributed by atoms with E-state index in [9.17, 15) is 22.8 Å². The molecule has 5 nitrogen and oxygen atoms in total. The standard InChI is InChI=1S/C20H18F3N3O2/c1-19(2,12-8-10-13(11-9-12)20(21,22)23)24-17(27)16-14-6-4-5-7-15(14)18(28)26(3)25-16/h4-11H,1-3H3,(H,24,27). The van der Waals surface area contributed by atoms with Gasteiger partial charge in [0.25, 0.3) is 11.5 Å². The summed E-state index contributed by atoms with van der Waals surface area (Å²) in [5.41, 5.74) is -1.47. The van der Waals surface area contributed by atoms with E-state index in [2.05, 4.69) is 10.4 Å². The largest absolute Gasteiger partial charge is 0.416 e. The minimum Gasteiger partial charge on any atom is -0.342 e. The number of nitrogens with zero attached hydrogens (tertiary/aromatic N) is 2. The summed E-state index contributed by atoms with van der Waals surface area (Å²) in [5.74, 6) is -0.531. The lowest BCUT2D eigenvalue weighted by molar-refractivity contribution is -0.137. The predicted molar refractivity (Wildman–Crippen MR) is 98.9 cm³/mol. The fourth-order valence-electron chi connectivity index (χ4n) is 2.96. The van der Waals surface area contributed by atoms with E-state index in [-0.39, 0.29) is 11.3 Å². The number of carbonyl (C=O) groups is 1. The number of hydrogen-bond acceptors (Lipinski definition) is 3. The van der Waals surface area contributed by atoms with Crippen LogP contribution in [0.2, 0.25) is 0 Å². The number of aryl methyl sites for hydroxylation is 1. The molecule has 0 unspecified atom stereocenters. The summed E-state index contributed by atoms with van der Waals surface area (Å²) in [5, 5.41) is 7.62. The lowest BCUT2D eigenvalue weighted by Crippen LogP contribution is -2.42. The maximum Gasteiger partial charge on any atom is 0.416 e. The number of rotatable bonds is 3. The quantitative estimate of drug-likeness (QED) is 0.744. The smallest absolute Gasteiger partial charge is 0.342 e. The molecule has 0 atom stereocenters. The van der Waals surface area contributed by atoms with Gasteiger partial charge in [-0.1, -0.05) is 30.3 Å². The Kier molecular flexibility index (Phi) is 4.74. The van der Waals surface area contributed by atoms with Crippen LogP contribution < -0.4 is 10.9 Å². The average molecular weight is 389 g/mol. The van der Waals surface area contributed by atoms with Crippen molar-refractivity contribution in [1.82, 2.24) is 15.1 Å². The number of carbonyl (C=O) groups excluding carboxylic acids is 1. The van der Waals surface area contributed by atoms with Crippen molar-refractivity contribution >= 4 is 16.7 Å². The van der Waals surface area contributed by atoms with Crippen molar-refractivity contribution < 1.29 is 18.0 Å². The van der Waals surface area contributed by atoms with Gasteiger partial charge in [0, 0.05) is 12.4 Å². The number of fused-ring (bicyclic) bond motifs is 1. The first-order valence-electron chi connectivity index (χ1n) is 8.47. The summed E-state index contributed by atoms with van der Waals surface area (Å²) in [6, 6.07) is 11.2. The Morgan fingerprint density at radius 1 is 0.964 bits per heavy atom. The first kappa shape index (κ1) is 19.6. The molecule has 0 saturated carbocycles. The zero-order valence-electron chi connectivity index (χ0n) is 15.5. The summed E-state index contributed by atoms with van der Waals surface area (Å²) in [6.45, 7) is 3.36. The van der Waals surface area contributed by atoms with E-state index in [1.165, 1.54) is 19.2 Å². The number of benzene rings is 2. The Morgan fingerprint density at radius 3 is 2.07 bits per heavy atom. The van der Waals surface area contributed by atoms with Gasteiger partial charge in [0.1, 0.15) is 0 Å². The second-order valence-corrected chi connectivity index (χ2v) is 6.98. The number of aromatic nitrogens is 2. The van der Waals surface area contributed by atoms with Gasteiger partial charge in [-0.05, 0) is 37.6 Å². The zero-order chi connectivity index (χ0) is 20.7. The van der Waals surface area contributed by atoms with Crippen molar-refractivity contribution in [3.8, 4) is 0 Å². The number of nitrogens with one attached hydrogen (secondary N) is 1. The Hall–Kier alpha value is -3.16. The second kappa shape index (κ2) is 6.78. The molecule has 0 aliphatic carbocycles. The molecule has 0 saturated heterocycles. The van der Waals surface area contributed by atoms with Crippen molar-refractivity contribution in [3.63, 3.8) is 0 Å². The van der Waals surface area contributed by atoms with E-state index < -0.39 is 23.2 Å². The molecule has 2 aromatic carbocycles. The van der Waals surface area contributed by atoms with E-state index >= 15 is 0 Å². The van der Waals surface area contributed by atoms with E-state index in [0.717, 1.165) is 16.8 Å². The Balaban J connectivity index is 1.95. The molecular weight excluding hydrogens is 371 g/mol. The summed E-state index contributed by atoms with van der Waals surface area (Å²) in [4.78, 5) is 25.1. The van der Waals surface area contributed by atoms with Crippen LogP contribution in [-0.2, 0) is 18.8 Å². The third-order valence-corrected chi connectivity index (χ3v) is 4.53. The number of alkyl halides is 3. The van der Waals surface area contributed by atoms with Crippen LogP contribution in [-0.4, -0.2) is 15.7 Å². The van der Waals surface area contributed by atoms with Gasteiger partial charge < -0.3 is 5.32 Å². The maximum atomic E-state index is 12.9. The van der Waals surface area contributed by atoms with Crippen molar-refractivity contribution in [2.24, 2.45) is 7.05 Å². The fraction of sp³-hybridized carbons (Fsp3) is 0.250. The molecule has 1 amide bonds. The van der Waals surface area contributed by atoms with E-state index in [4.69, 9.17) is 0 Å². The van der Waals surface area contributed by atoms with Crippen molar-refractivity contribution in [1.29, 1.82) is 0 Å². The molecule has 1 aromatic heterocycles. The third-order valence-electron chi connectivity index (χ3n) is 4.53. The number of amides is 1. The molecule has 0 fully saturated rings. The fourth-order valence-corrected chi connectivity index (χ4v) is 2.96. The second-order valence-electron chi connectivity index (χ2n) is 6.98. The molecule has 1 N–H and O–H groups in total. The van der Waals surface area contributed by atoms with Gasteiger partial charge in [0.15, 0.2) is 5.69 Å². The van der Waals surface area contributed by atoms with Crippen LogP contribution >= 0.6 is 0 Å². The predicted octanol–water partition coefficient (Wildman–Crippen LogP) is 3.62. The van der Waals surface area contributed by atoms with Crippen molar-refractivity contribution in [2.75, 3.05) is 0 Å². The van der Waals surface area contributed by atoms with Crippen LogP contribution in [0.5, 0.6) is 0 Å². The average Bonchev–Trinajstić information content (AvgIpc) is 2.63. The third kappa shape index (κ3) is 3.62. The molecule has 0 radical (unpaired) electrons. The Morgan fingerprint density at radius 2 is 1.50 bits per heavy atom. The highest BCUT2D eigenvalue weighted by Crippen LogP contribution is 2.31. The molecule has 3 rings (SSSR count). The van der Waals surface area contributed by atoms with Gasteiger partial charge in [-0.2, -0.15) is 18.3 Å². The van der Waals surface area contributed by atoms with Crippen molar-refractivity contribution in [2.45, 2.75) is 25.6 Å². The van der Waals surface area contributed by atoms with Crippen LogP contribution in [0.25, 0.3) is 10.8 Å². The molecule has 0 spiro atoms. The van der Waals surface area contributed by atoms with Gasteiger partial charge >= 0.3 is 6.18 Å². The van der Waals surface area contributed by atoms with Gasteiger partial charge in [0.2, 0.25) is 0 Å². The highest BCUT2D eigenvalue weighted by molar-refractivity contribution is 6.05. The molecular formula is C20H18F3N3O2. The monoisotopic (exact) mass is 389 g/mol. The minimum atomic E-state index is -4.43. The van der Waals surface area contributed by atoms with Crippen LogP contribution in [0, 0.1) is 0 Å². The first-order chi connectivity index (χ1) is 13.0. The first-order valence-corrected chi connectivity index (χ1v) is 8.47. The molecule has 8 heteroatoms. The molecule has 0 bridgehead atoms. The van der Waals surface area contributed by atoms with Crippen molar-refractivity contribution in [3.05, 3.63) is 75.7 Å². The van der Waals surface area contributed by atoms with Gasteiger partial charge in [-0.3, -0.25) is 9.59 Å². The van der Waals surface area contributed by atoms with Gasteiger partial charge in [-0.25, -0.2) is 4.68 Å². The lowest BCUT2D eigenvalue weighted by Gasteiger charge is -2.27. The molecule has 28 heavy (non-hydrogen) atoms. The van der Waals surface area contributed by atoms with E-state index in [1.807, 2.05) is 0 Å². The van der Waals surface area contributed by atoms with E-state index in [0.29, 0.717) is 16.3 Å². The van der Waals surface area contributed by atoms with Crippen LogP contribution in [0.1, 0.15) is 35.5 Å². The topological polar surface area (TPSA) is 64.0 Å². The molecule has 0 aliphatic heterocycles. The van der Waals surface area contributed by atoms with Crippen LogP contribution in [0.15, 0.2) is 53.3 Å². The SMILES string of the molecule is Cn1nc(C(=O)NC(C)(C)c2ccc(C(F)(F)F)cc2)c2ccccc2c1=O. The summed E-state index contributed by atoms with van der Waals surface area (Å²) in [7, 11) is 1.45. The normalized spacial score (nSPS) is 12.2. The molecule has 146 valence electrons. The Bertz CT molecular complexity index is 1100. The summed E-state index contributed by atoms with van der Waals surface area (Å²) >= 11 is 0. The highest BCUT2D eigenvalue weighted by atomic mass is 19.4. The zero-order valence-corrected chi connectivity index (χ0v) is 15.5. The van der Waals surface area contributed by atoms with Crippen LogP contribution in [0.3, 0.4) is 0 Å². The lowest BCUT2D eigenvalue weighted by atomic mass is 9.93. The number of halogens is 3. The van der Waals surface area contributed by atoms with Gasteiger partial charge in [-0.15, -0.1) is 0 Å². The minimum absolute atomic E-state index is 0.0673. The van der Waals surface area contributed by atoms with E-state index in [1.54, 1.807) is 38.1 Å².